The average molecular weight is 334 g/mol. The quantitative estimate of drug-likeness (QED) is 0.796. The van der Waals surface area contributed by atoms with Crippen LogP contribution in [0.25, 0.3) is 5.70 Å². The van der Waals surface area contributed by atoms with Gasteiger partial charge in [0.15, 0.2) is 5.37 Å². The highest BCUT2D eigenvalue weighted by Gasteiger charge is 2.39. The first-order chi connectivity index (χ1) is 11.1. The van der Waals surface area contributed by atoms with E-state index in [1.807, 2.05) is 11.8 Å². The van der Waals surface area contributed by atoms with Crippen LogP contribution in [0.4, 0.5) is 10.1 Å². The molecule has 7 heteroatoms. The minimum Gasteiger partial charge on any atom is -0.464 e. The third-order valence-electron chi connectivity index (χ3n) is 3.40. The molecule has 120 valence electrons. The van der Waals surface area contributed by atoms with Crippen LogP contribution in [0.2, 0.25) is 0 Å². The van der Waals surface area contributed by atoms with Gasteiger partial charge in [-0.25, -0.2) is 9.18 Å². The number of rotatable bonds is 4. The van der Waals surface area contributed by atoms with Crippen LogP contribution in [-0.4, -0.2) is 23.1 Å². The molecular weight excluding hydrogens is 319 g/mol. The minimum atomic E-state index is -0.565. The summed E-state index contributed by atoms with van der Waals surface area (Å²) >= 11 is 1.39. The van der Waals surface area contributed by atoms with Crippen LogP contribution in [0.1, 0.15) is 19.4 Å². The van der Waals surface area contributed by atoms with Crippen molar-refractivity contribution in [1.82, 2.24) is 5.16 Å². The molecule has 0 radical (unpaired) electrons. The molecule has 0 aliphatic carbocycles. The van der Waals surface area contributed by atoms with E-state index in [9.17, 15) is 9.18 Å². The fourth-order valence-corrected chi connectivity index (χ4v) is 3.62. The Morgan fingerprint density at radius 3 is 2.78 bits per heavy atom. The minimum absolute atomic E-state index is 0.300. The predicted octanol–water partition coefficient (Wildman–Crippen LogP) is 3.64. The second-order valence-electron chi connectivity index (χ2n) is 4.89. The van der Waals surface area contributed by atoms with E-state index in [2.05, 4.69) is 5.16 Å². The summed E-state index contributed by atoms with van der Waals surface area (Å²) in [7, 11) is 0. The molecule has 1 atom stereocenters. The number of carbonyl (C=O) groups excluding carboxylic acids is 1. The lowest BCUT2D eigenvalue weighted by Crippen LogP contribution is -2.35. The van der Waals surface area contributed by atoms with E-state index >= 15 is 0 Å². The second-order valence-corrected chi connectivity index (χ2v) is 6.18. The summed E-state index contributed by atoms with van der Waals surface area (Å²) in [5.74, 6) is -0.673. The molecule has 0 bridgehead atoms. The van der Waals surface area contributed by atoms with Gasteiger partial charge in [0.2, 0.25) is 0 Å². The number of hydrogen-bond acceptors (Lipinski definition) is 6. The highest BCUT2D eigenvalue weighted by Crippen LogP contribution is 2.45. The molecule has 0 spiro atoms. The van der Waals surface area contributed by atoms with E-state index in [0.717, 1.165) is 16.2 Å². The Morgan fingerprint density at radius 2 is 2.17 bits per heavy atom. The number of benzene rings is 1. The summed E-state index contributed by atoms with van der Waals surface area (Å²) in [6.07, 6.45) is 3.10. The average Bonchev–Trinajstić information content (AvgIpc) is 3.15. The van der Waals surface area contributed by atoms with E-state index in [0.29, 0.717) is 12.3 Å². The SMILES string of the molecule is CCOC(=O)C1SC(C)=C(c2cnoc2)N1c1ccc(F)cc1. The molecule has 0 fully saturated rings. The maximum absolute atomic E-state index is 13.2. The van der Waals surface area contributed by atoms with Crippen LogP contribution in [0.5, 0.6) is 0 Å². The Hall–Kier alpha value is -2.28. The number of ether oxygens (including phenoxy) is 1. The first kappa shape index (κ1) is 15.6. The summed E-state index contributed by atoms with van der Waals surface area (Å²) in [4.78, 5) is 15.1. The van der Waals surface area contributed by atoms with E-state index < -0.39 is 5.37 Å². The number of halogens is 1. The summed E-state index contributed by atoms with van der Waals surface area (Å²) < 4.78 is 23.3. The molecule has 1 aromatic carbocycles. The molecule has 2 aromatic rings. The number of esters is 1. The van der Waals surface area contributed by atoms with E-state index in [-0.39, 0.29) is 11.8 Å². The van der Waals surface area contributed by atoms with Gasteiger partial charge in [-0.15, -0.1) is 0 Å². The van der Waals surface area contributed by atoms with Crippen molar-refractivity contribution < 1.29 is 18.4 Å². The van der Waals surface area contributed by atoms with Gasteiger partial charge in [0.1, 0.15) is 12.1 Å². The lowest BCUT2D eigenvalue weighted by Gasteiger charge is -2.27. The van der Waals surface area contributed by atoms with Crippen molar-refractivity contribution >= 4 is 29.1 Å². The highest BCUT2D eigenvalue weighted by atomic mass is 32.2. The molecule has 1 aromatic heterocycles. The Kier molecular flexibility index (Phi) is 4.38. The molecule has 2 heterocycles. The van der Waals surface area contributed by atoms with Crippen LogP contribution < -0.4 is 4.90 Å². The van der Waals surface area contributed by atoms with Crippen molar-refractivity contribution in [3.8, 4) is 0 Å². The summed E-state index contributed by atoms with van der Waals surface area (Å²) in [6.45, 7) is 3.98. The van der Waals surface area contributed by atoms with Crippen LogP contribution in [0.3, 0.4) is 0 Å². The monoisotopic (exact) mass is 334 g/mol. The number of anilines is 1. The van der Waals surface area contributed by atoms with Gasteiger partial charge >= 0.3 is 5.97 Å². The van der Waals surface area contributed by atoms with E-state index in [1.54, 1.807) is 25.3 Å². The molecule has 1 unspecified atom stereocenters. The number of aromatic nitrogens is 1. The van der Waals surface area contributed by atoms with Crippen LogP contribution in [0, 0.1) is 5.82 Å². The third-order valence-corrected chi connectivity index (χ3v) is 4.57. The number of hydrogen-bond donors (Lipinski definition) is 0. The summed E-state index contributed by atoms with van der Waals surface area (Å²) in [5.41, 5.74) is 2.26. The zero-order valence-electron chi connectivity index (χ0n) is 12.7. The first-order valence-electron chi connectivity index (χ1n) is 7.10. The highest BCUT2D eigenvalue weighted by molar-refractivity contribution is 8.05. The molecule has 0 N–H and O–H groups in total. The van der Waals surface area contributed by atoms with Crippen molar-refractivity contribution in [1.29, 1.82) is 0 Å². The van der Waals surface area contributed by atoms with Gasteiger partial charge in [-0.3, -0.25) is 0 Å². The molecule has 23 heavy (non-hydrogen) atoms. The van der Waals surface area contributed by atoms with E-state index in [4.69, 9.17) is 9.26 Å². The predicted molar refractivity (Wildman–Crippen MR) is 86.0 cm³/mol. The van der Waals surface area contributed by atoms with Crippen molar-refractivity contribution in [3.63, 3.8) is 0 Å². The lowest BCUT2D eigenvalue weighted by molar-refractivity contribution is -0.142. The second kappa shape index (κ2) is 6.45. The van der Waals surface area contributed by atoms with Gasteiger partial charge < -0.3 is 14.2 Å². The van der Waals surface area contributed by atoms with Gasteiger partial charge in [-0.2, -0.15) is 0 Å². The normalized spacial score (nSPS) is 17.7. The van der Waals surface area contributed by atoms with Crippen LogP contribution in [0.15, 0.2) is 46.2 Å². The number of allylic oxidation sites excluding steroid dienone is 1. The van der Waals surface area contributed by atoms with Gasteiger partial charge in [-0.1, -0.05) is 16.9 Å². The van der Waals surface area contributed by atoms with Crippen LogP contribution in [-0.2, 0) is 9.53 Å². The van der Waals surface area contributed by atoms with Crippen molar-refractivity contribution in [2.75, 3.05) is 11.5 Å². The number of nitrogens with zero attached hydrogens (tertiary/aromatic N) is 2. The van der Waals surface area contributed by atoms with Gasteiger partial charge in [0.25, 0.3) is 0 Å². The van der Waals surface area contributed by atoms with Gasteiger partial charge in [0.05, 0.1) is 24.1 Å². The smallest absolute Gasteiger partial charge is 0.340 e. The molecular formula is C16H15FN2O3S. The molecule has 0 amide bonds. The Balaban J connectivity index is 2.05. The Labute approximate surface area is 137 Å². The maximum Gasteiger partial charge on any atom is 0.340 e. The molecule has 0 saturated carbocycles. The van der Waals surface area contributed by atoms with Gasteiger partial charge in [0, 0.05) is 10.6 Å². The van der Waals surface area contributed by atoms with Gasteiger partial charge in [-0.05, 0) is 38.1 Å². The largest absolute Gasteiger partial charge is 0.464 e. The molecule has 1 aliphatic heterocycles. The zero-order chi connectivity index (χ0) is 16.4. The fraction of sp³-hybridized carbons (Fsp3) is 0.250. The standard InChI is InChI=1S/C16H15FN2O3S/c1-3-21-16(20)15-19(13-6-4-12(17)5-7-13)14(10(2)23-15)11-8-18-22-9-11/h4-9,15H,3H2,1-2H3. The number of thioether (sulfide) groups is 1. The topological polar surface area (TPSA) is 55.6 Å². The van der Waals surface area contributed by atoms with Crippen LogP contribution >= 0.6 is 11.8 Å². The summed E-state index contributed by atoms with van der Waals surface area (Å²) in [5, 5.41) is 3.16. The zero-order valence-corrected chi connectivity index (χ0v) is 13.5. The first-order valence-corrected chi connectivity index (χ1v) is 7.98. The Bertz CT molecular complexity index is 728. The van der Waals surface area contributed by atoms with E-state index in [1.165, 1.54) is 30.2 Å². The Morgan fingerprint density at radius 1 is 1.43 bits per heavy atom. The molecule has 1 aliphatic rings. The third kappa shape index (κ3) is 2.96. The fourth-order valence-electron chi connectivity index (χ4n) is 2.46. The maximum atomic E-state index is 13.2. The molecule has 5 nitrogen and oxygen atoms in total. The van der Waals surface area contributed by atoms with Crippen molar-refractivity contribution in [2.24, 2.45) is 0 Å². The lowest BCUT2D eigenvalue weighted by atomic mass is 10.2. The van der Waals surface area contributed by atoms with Crippen molar-refractivity contribution in [2.45, 2.75) is 19.2 Å². The molecule has 0 saturated heterocycles. The summed E-state index contributed by atoms with van der Waals surface area (Å²) in [6, 6.07) is 5.99. The number of carbonyl (C=O) groups is 1. The molecule has 3 rings (SSSR count). The van der Waals surface area contributed by atoms with Crippen molar-refractivity contribution in [3.05, 3.63) is 53.0 Å².